The van der Waals surface area contributed by atoms with Crippen molar-refractivity contribution in [3.63, 3.8) is 0 Å². The molecule has 0 saturated heterocycles. The predicted molar refractivity (Wildman–Crippen MR) is 87.6 cm³/mol. The van der Waals surface area contributed by atoms with Crippen molar-refractivity contribution in [3.8, 4) is 0 Å². The summed E-state index contributed by atoms with van der Waals surface area (Å²) in [6.07, 6.45) is 7.14. The number of aliphatic hydroxyl groups is 1. The van der Waals surface area contributed by atoms with Crippen molar-refractivity contribution in [1.82, 2.24) is 0 Å². The monoisotopic (exact) mass is 300 g/mol. The highest BCUT2D eigenvalue weighted by molar-refractivity contribution is 5.82. The number of carboxylic acid groups (broad SMARTS) is 1. The van der Waals surface area contributed by atoms with Gasteiger partial charge in [0, 0.05) is 5.92 Å². The van der Waals surface area contributed by atoms with Crippen LogP contribution in [-0.4, -0.2) is 21.8 Å². The summed E-state index contributed by atoms with van der Waals surface area (Å²) in [5, 5.41) is 21.3. The molecule has 1 aliphatic carbocycles. The van der Waals surface area contributed by atoms with Crippen LogP contribution in [0.15, 0.2) is 54.6 Å². The highest BCUT2D eigenvalue weighted by atomic mass is 16.4. The number of carboxylic acids is 1. The van der Waals surface area contributed by atoms with E-state index in [0.29, 0.717) is 5.56 Å². The quantitative estimate of drug-likeness (QED) is 0.897. The second-order valence-corrected chi connectivity index (χ2v) is 7.17. The van der Waals surface area contributed by atoms with Crippen molar-refractivity contribution in [2.75, 3.05) is 0 Å². The van der Waals surface area contributed by atoms with E-state index >= 15 is 0 Å². The van der Waals surface area contributed by atoms with E-state index in [9.17, 15) is 15.0 Å². The molecule has 3 nitrogen and oxygen atoms in total. The van der Waals surface area contributed by atoms with Gasteiger partial charge in [0.15, 0.2) is 0 Å². The van der Waals surface area contributed by atoms with E-state index in [0.717, 1.165) is 0 Å². The third-order valence-electron chi connectivity index (χ3n) is 4.88. The largest absolute Gasteiger partial charge is 0.481 e. The van der Waals surface area contributed by atoms with Crippen LogP contribution in [0.25, 0.3) is 0 Å². The molecule has 0 spiro atoms. The third kappa shape index (κ3) is 2.40. The van der Waals surface area contributed by atoms with E-state index in [2.05, 4.69) is 0 Å². The molecule has 3 atom stereocenters. The summed E-state index contributed by atoms with van der Waals surface area (Å²) in [5.74, 6) is -1.50. The predicted octanol–water partition coefficient (Wildman–Crippen LogP) is 3.55. The van der Waals surface area contributed by atoms with E-state index in [1.165, 1.54) is 0 Å². The van der Waals surface area contributed by atoms with Crippen LogP contribution in [0.2, 0.25) is 0 Å². The van der Waals surface area contributed by atoms with E-state index in [1.807, 2.05) is 63.3 Å². The van der Waals surface area contributed by atoms with Gasteiger partial charge < -0.3 is 10.2 Å². The molecule has 1 aromatic carbocycles. The zero-order valence-corrected chi connectivity index (χ0v) is 13.6. The van der Waals surface area contributed by atoms with Crippen LogP contribution in [0, 0.1) is 11.3 Å². The van der Waals surface area contributed by atoms with Gasteiger partial charge in [0.05, 0.1) is 11.0 Å². The first kappa shape index (κ1) is 16.5. The summed E-state index contributed by atoms with van der Waals surface area (Å²) in [7, 11) is 0. The highest BCUT2D eigenvalue weighted by Crippen LogP contribution is 2.49. The number of allylic oxidation sites excluding steroid dienone is 2. The van der Waals surface area contributed by atoms with Crippen LogP contribution >= 0.6 is 0 Å². The maximum absolute atomic E-state index is 12.2. The SMILES string of the molecule is CC(C(=O)O)(c1ccccc1)C1C=CC=CC1(O)C(C)(C)C. The van der Waals surface area contributed by atoms with Gasteiger partial charge in [0.25, 0.3) is 0 Å². The first-order valence-corrected chi connectivity index (χ1v) is 7.51. The second-order valence-electron chi connectivity index (χ2n) is 7.17. The number of benzene rings is 1. The molecule has 0 bridgehead atoms. The maximum atomic E-state index is 12.2. The minimum atomic E-state index is -1.25. The van der Waals surface area contributed by atoms with Crippen molar-refractivity contribution >= 4 is 5.97 Å². The number of hydrogen-bond acceptors (Lipinski definition) is 2. The van der Waals surface area contributed by atoms with Crippen LogP contribution in [0.1, 0.15) is 33.3 Å². The Bertz CT molecular complexity index is 609. The molecular formula is C19H24O3. The molecule has 2 rings (SSSR count). The average molecular weight is 300 g/mol. The molecule has 0 radical (unpaired) electrons. The van der Waals surface area contributed by atoms with E-state index in [-0.39, 0.29) is 0 Å². The average Bonchev–Trinajstić information content (AvgIpc) is 2.46. The number of carbonyl (C=O) groups is 1. The van der Waals surface area contributed by atoms with Crippen LogP contribution < -0.4 is 0 Å². The fraction of sp³-hybridized carbons (Fsp3) is 0.421. The Morgan fingerprint density at radius 3 is 2.18 bits per heavy atom. The van der Waals surface area contributed by atoms with Crippen molar-refractivity contribution in [2.24, 2.45) is 11.3 Å². The standard InChI is InChI=1S/C19H24O3/c1-17(2,3)19(22)13-9-8-12-15(19)18(4,16(20)21)14-10-6-5-7-11-14/h5-13,15,22H,1-4H3,(H,20,21). The molecule has 0 fully saturated rings. The third-order valence-corrected chi connectivity index (χ3v) is 4.88. The molecule has 0 heterocycles. The lowest BCUT2D eigenvalue weighted by Crippen LogP contribution is -2.57. The molecular weight excluding hydrogens is 276 g/mol. The van der Waals surface area contributed by atoms with Crippen molar-refractivity contribution in [1.29, 1.82) is 0 Å². The summed E-state index contributed by atoms with van der Waals surface area (Å²) in [6.45, 7) is 7.47. The van der Waals surface area contributed by atoms with Gasteiger partial charge in [-0.05, 0) is 17.9 Å². The van der Waals surface area contributed by atoms with Gasteiger partial charge in [-0.1, -0.05) is 75.4 Å². The van der Waals surface area contributed by atoms with Crippen molar-refractivity contribution in [2.45, 2.75) is 38.7 Å². The Morgan fingerprint density at radius 2 is 1.68 bits per heavy atom. The molecule has 1 aromatic rings. The smallest absolute Gasteiger partial charge is 0.314 e. The molecule has 0 aliphatic heterocycles. The Labute approximate surface area is 132 Å². The summed E-state index contributed by atoms with van der Waals surface area (Å²) >= 11 is 0. The Hall–Kier alpha value is -1.87. The maximum Gasteiger partial charge on any atom is 0.314 e. The lowest BCUT2D eigenvalue weighted by molar-refractivity contribution is -0.151. The van der Waals surface area contributed by atoms with Crippen molar-refractivity contribution < 1.29 is 15.0 Å². The molecule has 2 N–H and O–H groups in total. The van der Waals surface area contributed by atoms with Crippen LogP contribution in [0.4, 0.5) is 0 Å². The molecule has 0 saturated carbocycles. The molecule has 22 heavy (non-hydrogen) atoms. The fourth-order valence-corrected chi connectivity index (χ4v) is 3.20. The van der Waals surface area contributed by atoms with Gasteiger partial charge in [0.2, 0.25) is 0 Å². The Morgan fingerprint density at radius 1 is 1.09 bits per heavy atom. The van der Waals surface area contributed by atoms with Gasteiger partial charge in [-0.25, -0.2) is 0 Å². The minimum absolute atomic E-state index is 0.496. The lowest BCUT2D eigenvalue weighted by Gasteiger charge is -2.49. The molecule has 3 heteroatoms. The number of hydrogen-bond donors (Lipinski definition) is 2. The Kier molecular flexibility index (Phi) is 4.05. The molecule has 0 aromatic heterocycles. The van der Waals surface area contributed by atoms with E-state index in [1.54, 1.807) is 19.1 Å². The van der Waals surface area contributed by atoms with Gasteiger partial charge in [-0.3, -0.25) is 4.79 Å². The van der Waals surface area contributed by atoms with E-state index in [4.69, 9.17) is 0 Å². The molecule has 3 unspecified atom stereocenters. The summed E-state index contributed by atoms with van der Waals surface area (Å²) in [6, 6.07) is 9.13. The summed E-state index contributed by atoms with van der Waals surface area (Å²) in [4.78, 5) is 12.2. The first-order chi connectivity index (χ1) is 10.1. The fourth-order valence-electron chi connectivity index (χ4n) is 3.20. The lowest BCUT2D eigenvalue weighted by atomic mass is 9.57. The van der Waals surface area contributed by atoms with Gasteiger partial charge in [0.1, 0.15) is 0 Å². The highest BCUT2D eigenvalue weighted by Gasteiger charge is 2.55. The Balaban J connectivity index is 2.65. The number of aliphatic carboxylic acids is 1. The zero-order chi connectivity index (χ0) is 16.6. The van der Waals surface area contributed by atoms with Crippen LogP contribution in [0.3, 0.4) is 0 Å². The first-order valence-electron chi connectivity index (χ1n) is 7.51. The van der Waals surface area contributed by atoms with Crippen LogP contribution in [-0.2, 0) is 10.2 Å². The topological polar surface area (TPSA) is 57.5 Å². The summed E-state index contributed by atoms with van der Waals surface area (Å²) in [5.41, 5.74) is -2.27. The number of rotatable bonds is 3. The summed E-state index contributed by atoms with van der Waals surface area (Å²) < 4.78 is 0. The zero-order valence-electron chi connectivity index (χ0n) is 13.6. The van der Waals surface area contributed by atoms with Gasteiger partial charge in [-0.2, -0.15) is 0 Å². The second kappa shape index (κ2) is 5.40. The van der Waals surface area contributed by atoms with Crippen LogP contribution in [0.5, 0.6) is 0 Å². The molecule has 1 aliphatic rings. The van der Waals surface area contributed by atoms with Gasteiger partial charge in [-0.15, -0.1) is 0 Å². The molecule has 118 valence electrons. The molecule has 0 amide bonds. The van der Waals surface area contributed by atoms with Gasteiger partial charge >= 0.3 is 5.97 Å². The van der Waals surface area contributed by atoms with E-state index < -0.39 is 28.3 Å². The normalized spacial score (nSPS) is 27.4. The van der Waals surface area contributed by atoms with Crippen molar-refractivity contribution in [3.05, 3.63) is 60.2 Å². The minimum Gasteiger partial charge on any atom is -0.481 e.